The van der Waals surface area contributed by atoms with Crippen molar-refractivity contribution in [1.29, 1.82) is 0 Å². The van der Waals surface area contributed by atoms with Gasteiger partial charge in [0.05, 0.1) is 0 Å². The summed E-state index contributed by atoms with van der Waals surface area (Å²) in [5, 5.41) is 1.35. The van der Waals surface area contributed by atoms with Gasteiger partial charge in [-0.25, -0.2) is 0 Å². The minimum absolute atomic E-state index is 0.341. The quantitative estimate of drug-likeness (QED) is 0.630. The van der Waals surface area contributed by atoms with Crippen LogP contribution < -0.4 is 3.80 Å². The van der Waals surface area contributed by atoms with Crippen molar-refractivity contribution in [3.05, 3.63) is 40.1 Å². The zero-order chi connectivity index (χ0) is 11.4. The van der Waals surface area contributed by atoms with E-state index >= 15 is 0 Å². The van der Waals surface area contributed by atoms with Crippen molar-refractivity contribution in [3.63, 3.8) is 0 Å². The number of hydrogen-bond acceptors (Lipinski definition) is 4. The second kappa shape index (κ2) is 5.57. The van der Waals surface area contributed by atoms with Crippen LogP contribution >= 0.6 is 22.9 Å². The van der Waals surface area contributed by atoms with E-state index in [1.165, 1.54) is 16.9 Å². The molecule has 1 unspecified atom stereocenters. The summed E-state index contributed by atoms with van der Waals surface area (Å²) in [6.45, 7) is 0. The number of thiazole rings is 1. The zero-order valence-electron chi connectivity index (χ0n) is 8.18. The van der Waals surface area contributed by atoms with Gasteiger partial charge in [0.2, 0.25) is 0 Å². The first-order valence-corrected chi connectivity index (χ1v) is 8.26. The number of nitrogens with zero attached hydrogens (tertiary/aromatic N) is 2. The average molecular weight is 315 g/mol. The molecule has 0 aliphatic carbocycles. The Balaban J connectivity index is 2.02. The van der Waals surface area contributed by atoms with E-state index in [0.717, 1.165) is 15.3 Å². The Morgan fingerprint density at radius 2 is 2.19 bits per heavy atom. The third-order valence-electron chi connectivity index (χ3n) is 1.91. The van der Waals surface area contributed by atoms with Crippen molar-refractivity contribution < 1.29 is 4.79 Å². The predicted octanol–water partition coefficient (Wildman–Crippen LogP) is 1.27. The van der Waals surface area contributed by atoms with E-state index < -0.39 is 0 Å². The van der Waals surface area contributed by atoms with Crippen LogP contribution in [0, 0.1) is 0 Å². The molecule has 0 radical (unpaired) electrons. The molecule has 0 aliphatic rings. The summed E-state index contributed by atoms with van der Waals surface area (Å²) in [7, 11) is 0. The van der Waals surface area contributed by atoms with E-state index in [2.05, 4.69) is 9.97 Å². The summed E-state index contributed by atoms with van der Waals surface area (Å²) in [6, 6.07) is 4.00. The third kappa shape index (κ3) is 2.91. The molecule has 0 N–H and O–H groups in total. The van der Waals surface area contributed by atoms with Gasteiger partial charge in [-0.05, 0) is 0 Å². The molecule has 0 bridgehead atoms. The average Bonchev–Trinajstić information content (AvgIpc) is 2.69. The third-order valence-corrected chi connectivity index (χ3v) is 6.59. The first-order valence-electron chi connectivity index (χ1n) is 4.54. The maximum absolute atomic E-state index is 10.6. The number of hydrogen-bond donors (Lipinski definition) is 0. The molecule has 0 saturated heterocycles. The standard InChI is InChI=1S/C10H8AsClN2OS/c12-9-8(6-15)16-10(14-9)11-5-7-1-3-13-4-2-7/h1-4,6,11H,5H2. The normalized spacial score (nSPS) is 11.1. The first-order chi connectivity index (χ1) is 7.79. The van der Waals surface area contributed by atoms with Crippen LogP contribution in [0.4, 0.5) is 0 Å². The molecule has 2 aromatic rings. The first kappa shape index (κ1) is 11.8. The summed E-state index contributed by atoms with van der Waals surface area (Å²) in [4.78, 5) is 19.3. The Morgan fingerprint density at radius 3 is 2.81 bits per heavy atom. The van der Waals surface area contributed by atoms with Crippen molar-refractivity contribution in [2.45, 2.75) is 5.21 Å². The molecular formula is C10H8AsClN2OS. The molecule has 6 heteroatoms. The zero-order valence-corrected chi connectivity index (χ0v) is 11.9. The van der Waals surface area contributed by atoms with Gasteiger partial charge in [-0.15, -0.1) is 0 Å². The van der Waals surface area contributed by atoms with Gasteiger partial charge in [0.25, 0.3) is 0 Å². The van der Waals surface area contributed by atoms with Crippen LogP contribution in [0.3, 0.4) is 0 Å². The number of halogens is 1. The number of carbonyl (C=O) groups excluding carboxylic acids is 1. The number of pyridine rings is 1. The van der Waals surface area contributed by atoms with Gasteiger partial charge in [0.15, 0.2) is 0 Å². The van der Waals surface area contributed by atoms with E-state index in [-0.39, 0.29) is 15.8 Å². The van der Waals surface area contributed by atoms with Gasteiger partial charge in [0, 0.05) is 0 Å². The second-order valence-corrected chi connectivity index (χ2v) is 7.63. The van der Waals surface area contributed by atoms with Crippen molar-refractivity contribution in [3.8, 4) is 0 Å². The molecule has 16 heavy (non-hydrogen) atoms. The van der Waals surface area contributed by atoms with E-state index in [1.807, 2.05) is 12.1 Å². The number of aldehydes is 1. The number of aromatic nitrogens is 2. The minimum atomic E-state index is -0.356. The molecular weight excluding hydrogens is 307 g/mol. The molecule has 0 saturated carbocycles. The maximum atomic E-state index is 10.6. The van der Waals surface area contributed by atoms with Gasteiger partial charge in [-0.1, -0.05) is 0 Å². The van der Waals surface area contributed by atoms with Gasteiger partial charge in [-0.3, -0.25) is 0 Å². The molecule has 82 valence electrons. The van der Waals surface area contributed by atoms with Crippen LogP contribution in [0.1, 0.15) is 15.2 Å². The molecule has 2 aromatic heterocycles. The van der Waals surface area contributed by atoms with Gasteiger partial charge in [0.1, 0.15) is 0 Å². The SMILES string of the molecule is O=Cc1sc([AsH]Cc2ccncc2)nc1Cl. The van der Waals surface area contributed by atoms with Crippen molar-refractivity contribution in [2.24, 2.45) is 0 Å². The van der Waals surface area contributed by atoms with Crippen LogP contribution in [0.15, 0.2) is 24.5 Å². The topological polar surface area (TPSA) is 42.9 Å². The van der Waals surface area contributed by atoms with E-state index in [9.17, 15) is 4.79 Å². The number of rotatable bonds is 4. The Hall–Kier alpha value is -0.702. The second-order valence-electron chi connectivity index (χ2n) is 3.00. The van der Waals surface area contributed by atoms with Gasteiger partial charge in [-0.2, -0.15) is 0 Å². The summed E-state index contributed by atoms with van der Waals surface area (Å²) in [6.07, 6.45) is 4.34. The molecule has 0 spiro atoms. The summed E-state index contributed by atoms with van der Waals surface area (Å²) < 4.78 is 1.02. The molecule has 1 atom stereocenters. The van der Waals surface area contributed by atoms with Gasteiger partial charge >= 0.3 is 109 Å². The van der Waals surface area contributed by atoms with Gasteiger partial charge < -0.3 is 0 Å². The fourth-order valence-electron chi connectivity index (χ4n) is 1.14. The van der Waals surface area contributed by atoms with Crippen molar-refractivity contribution in [1.82, 2.24) is 9.97 Å². The van der Waals surface area contributed by atoms with Crippen LogP contribution in [0.2, 0.25) is 5.15 Å². The summed E-state index contributed by atoms with van der Waals surface area (Å²) >= 11 is 6.86. The molecule has 0 aromatic carbocycles. The Bertz CT molecular complexity index is 489. The van der Waals surface area contributed by atoms with Crippen molar-refractivity contribution >= 4 is 48.8 Å². The van der Waals surface area contributed by atoms with Crippen LogP contribution in [-0.2, 0) is 5.21 Å². The molecule has 3 nitrogen and oxygen atoms in total. The molecule has 0 aliphatic heterocycles. The van der Waals surface area contributed by atoms with Crippen LogP contribution in [-0.4, -0.2) is 32.0 Å². The van der Waals surface area contributed by atoms with E-state index in [4.69, 9.17) is 11.6 Å². The fraction of sp³-hybridized carbons (Fsp3) is 0.100. The van der Waals surface area contributed by atoms with E-state index in [0.29, 0.717) is 10.0 Å². The molecule has 0 fully saturated rings. The molecule has 2 rings (SSSR count). The Morgan fingerprint density at radius 1 is 1.44 bits per heavy atom. The fourth-order valence-corrected chi connectivity index (χ4v) is 5.34. The Labute approximate surface area is 109 Å². The Kier molecular flexibility index (Phi) is 4.10. The van der Waals surface area contributed by atoms with Crippen LogP contribution in [0.25, 0.3) is 0 Å². The molecule has 0 amide bonds. The molecule has 2 heterocycles. The summed E-state index contributed by atoms with van der Waals surface area (Å²) in [5.41, 5.74) is 1.26. The number of carbonyl (C=O) groups is 1. The predicted molar refractivity (Wildman–Crippen MR) is 67.2 cm³/mol. The van der Waals surface area contributed by atoms with E-state index in [1.54, 1.807) is 12.4 Å². The van der Waals surface area contributed by atoms with Crippen LogP contribution in [0.5, 0.6) is 0 Å². The van der Waals surface area contributed by atoms with Crippen molar-refractivity contribution in [2.75, 3.05) is 0 Å². The summed E-state index contributed by atoms with van der Waals surface area (Å²) in [5.74, 6) is 0. The monoisotopic (exact) mass is 314 g/mol.